The molecule has 21 N–H and O–H groups in total. The molecule has 3 fully saturated rings. The third kappa shape index (κ3) is 26.5. The molecule has 4 aliphatic heterocycles. The van der Waals surface area contributed by atoms with E-state index >= 15 is 0 Å². The van der Waals surface area contributed by atoms with E-state index in [9.17, 15) is 72.5 Å². The van der Waals surface area contributed by atoms with Crippen LogP contribution in [0.1, 0.15) is 167 Å². The minimum Gasteiger partial charge on any atom is -0.508 e. The fourth-order valence-electron chi connectivity index (χ4n) is 15.1. The molecular formula is C83H112N18O16S2. The van der Waals surface area contributed by atoms with Gasteiger partial charge in [0.1, 0.15) is 65.4 Å². The number of para-hydroxylation sites is 1. The number of aromatic nitrogens is 1. The summed E-state index contributed by atoms with van der Waals surface area (Å²) in [6.07, 6.45) is 8.41. The van der Waals surface area contributed by atoms with Crippen LogP contribution in [0.25, 0.3) is 44.3 Å². The molecule has 0 radical (unpaired) electrons. The molecule has 4 aromatic rings. The number of amides is 12. The van der Waals surface area contributed by atoms with Crippen LogP contribution in [0.5, 0.6) is 5.75 Å². The van der Waals surface area contributed by atoms with Crippen molar-refractivity contribution in [3.05, 3.63) is 106 Å². The number of aromatic hydroxyl groups is 1. The number of nitrogens with one attached hydrogen (secondary N) is 15. The number of thioether (sulfide) groups is 1. The average Bonchev–Trinajstić information content (AvgIpc) is 1.20. The molecule has 11 atom stereocenters. The smallest absolute Gasteiger partial charge is 0.336 e. The van der Waals surface area contributed by atoms with E-state index in [4.69, 9.17) is 33.5 Å². The van der Waals surface area contributed by atoms with E-state index in [-0.39, 0.29) is 132 Å². The Kier molecular flexibility index (Phi) is 33.6. The monoisotopic (exact) mass is 1680 g/mol. The molecule has 3 aromatic carbocycles. The molecule has 5 aliphatic rings. The van der Waals surface area contributed by atoms with Crippen LogP contribution in [0.4, 0.5) is 10.5 Å². The number of hydrogen-bond donors (Lipinski definition) is 19. The Balaban J connectivity index is 0.743. The summed E-state index contributed by atoms with van der Waals surface area (Å²) in [5, 5.41) is 66.8. The quantitative estimate of drug-likeness (QED) is 0.00609. The Morgan fingerprint density at radius 2 is 1.27 bits per heavy atom. The van der Waals surface area contributed by atoms with Crippen molar-refractivity contribution < 1.29 is 72.2 Å². The third-order valence-electron chi connectivity index (χ3n) is 21.2. The number of aromatic carboxylic acids is 1. The van der Waals surface area contributed by atoms with E-state index in [1.54, 1.807) is 36.5 Å². The molecule has 34 nitrogen and oxygen atoms in total. The van der Waals surface area contributed by atoms with Crippen molar-refractivity contribution in [1.82, 2.24) is 73.7 Å². The van der Waals surface area contributed by atoms with Crippen LogP contribution in [-0.4, -0.2) is 200 Å². The van der Waals surface area contributed by atoms with Crippen molar-refractivity contribution in [1.29, 1.82) is 5.41 Å². The first-order valence-corrected chi connectivity index (χ1v) is 42.2. The maximum absolute atomic E-state index is 14.7. The summed E-state index contributed by atoms with van der Waals surface area (Å²) >= 11 is 7.38. The Morgan fingerprint density at radius 3 is 1.98 bits per heavy atom. The number of phenolic OH excluding ortho intramolecular Hbond substituents is 1. The standard InChI is InChI=1S/C83H112N18O16S2/c1-44(2)36-60(98-79(113)64-22-17-35-101(64)69(105)25-8-7-14-33-89-83(118)93-49-26-29-53(56(39-49)80(114)115)70-54-30-27-50(102)40-65(54)117-66-41-51(103)28-31-55(66)70)76(110)91-47(6)74(108)96-61(37-45(3)4)78(112)97-62(38-48-42-90-57-19-10-9-18-52(48)57)77(111)92-46(5)73(107)95-59(21-16-34-88-81(85)86)75(109)94-58(72(84)106)20-13-15-32-87-68(104)24-12-11-23-67-71-63(43-119-67)99-82(116)100-71/h9-10,18-19,26-31,39-42,44-47,58-64,67,71,90,102H,7-8,11-17,20-25,32-38,43H2,1-6H3,(H2,84,106)(H,87,104)(H,91,110)(H,92,111)(H,94,109)(H,95,107)(H,96,108)(H,97,112)(H,98,113)(H,114,115)(H4,85,86,88)(H2,89,93,118)(H2,99,100,116)/t46-,47-,58-,59-,60-,61-,62-,63-,64-,67-,71-/m0/s1. The van der Waals surface area contributed by atoms with E-state index in [2.05, 4.69) is 74.1 Å². The number of thiocarbonyl (C=S) groups is 1. The zero-order valence-electron chi connectivity index (χ0n) is 67.9. The van der Waals surface area contributed by atoms with Crippen molar-refractivity contribution in [2.75, 3.05) is 37.2 Å². The number of carbonyl (C=O) groups is 12. The van der Waals surface area contributed by atoms with Crippen molar-refractivity contribution in [2.24, 2.45) is 23.3 Å². The van der Waals surface area contributed by atoms with Gasteiger partial charge in [-0.1, -0.05) is 64.8 Å². The first-order chi connectivity index (χ1) is 56.8. The number of rotatable bonds is 44. The normalized spacial score (nSPS) is 17.3. The van der Waals surface area contributed by atoms with Crippen LogP contribution in [-0.2, 0) is 54.4 Å². The van der Waals surface area contributed by atoms with Gasteiger partial charge in [-0.05, 0) is 175 Å². The number of benzene rings is 4. The number of anilines is 1. The van der Waals surface area contributed by atoms with Crippen molar-refractivity contribution >= 4 is 134 Å². The number of carbonyl (C=O) groups excluding carboxylic acids is 11. The lowest BCUT2D eigenvalue weighted by atomic mass is 9.90. The molecular weight excluding hydrogens is 1570 g/mol. The van der Waals surface area contributed by atoms with Crippen LogP contribution >= 0.6 is 24.0 Å². The molecule has 9 rings (SSSR count). The summed E-state index contributed by atoms with van der Waals surface area (Å²) in [5.74, 6) is -7.20. The first-order valence-electron chi connectivity index (χ1n) is 40.7. The number of hydrogen-bond acceptors (Lipinski definition) is 18. The van der Waals surface area contributed by atoms with E-state index in [1.807, 2.05) is 57.7 Å². The van der Waals surface area contributed by atoms with Gasteiger partial charge in [0.15, 0.2) is 16.5 Å². The number of aromatic amines is 1. The topological polar surface area (TPSA) is 527 Å². The molecule has 0 spiro atoms. The number of phenols is 1. The van der Waals surface area contributed by atoms with Gasteiger partial charge in [-0.15, -0.1) is 0 Å². The van der Waals surface area contributed by atoms with Gasteiger partial charge >= 0.3 is 12.0 Å². The largest absolute Gasteiger partial charge is 0.508 e. The zero-order valence-corrected chi connectivity index (χ0v) is 69.5. The van der Waals surface area contributed by atoms with Crippen LogP contribution in [0.3, 0.4) is 0 Å². The highest BCUT2D eigenvalue weighted by Crippen LogP contribution is 2.43. The van der Waals surface area contributed by atoms with E-state index in [0.717, 1.165) is 29.5 Å². The Morgan fingerprint density at radius 1 is 0.639 bits per heavy atom. The van der Waals surface area contributed by atoms with Crippen molar-refractivity contribution in [3.63, 3.8) is 0 Å². The highest BCUT2D eigenvalue weighted by atomic mass is 32.2. The average molecular weight is 1680 g/mol. The lowest BCUT2D eigenvalue weighted by molar-refractivity contribution is -0.140. The summed E-state index contributed by atoms with van der Waals surface area (Å²) in [5.41, 5.74) is 14.2. The van der Waals surface area contributed by atoms with Crippen LogP contribution in [0, 0.1) is 17.2 Å². The number of fused-ring (bicyclic) bond motifs is 4. The van der Waals surface area contributed by atoms with Crippen LogP contribution in [0.15, 0.2) is 94.3 Å². The van der Waals surface area contributed by atoms with Gasteiger partial charge in [0.25, 0.3) is 0 Å². The number of primary amides is 1. The number of unbranched alkanes of at least 4 members (excludes halogenated alkanes) is 4. The summed E-state index contributed by atoms with van der Waals surface area (Å²) in [6.45, 7) is 11.4. The van der Waals surface area contributed by atoms with Gasteiger partial charge in [0.2, 0.25) is 59.1 Å². The third-order valence-corrected chi connectivity index (χ3v) is 23.0. The van der Waals surface area contributed by atoms with Crippen LogP contribution in [0.2, 0.25) is 0 Å². The van der Waals surface area contributed by atoms with Gasteiger partial charge < -0.3 is 105 Å². The Hall–Kier alpha value is -11.6. The molecule has 0 bridgehead atoms. The molecule has 1 aromatic heterocycles. The minimum absolute atomic E-state index is 0.0194. The predicted molar refractivity (Wildman–Crippen MR) is 456 cm³/mol. The van der Waals surface area contributed by atoms with Crippen LogP contribution < -0.4 is 86.0 Å². The molecule has 36 heteroatoms. The van der Waals surface area contributed by atoms with Gasteiger partial charge in [0, 0.05) is 108 Å². The van der Waals surface area contributed by atoms with Crippen molar-refractivity contribution in [3.8, 4) is 28.2 Å². The predicted octanol–water partition coefficient (Wildman–Crippen LogP) is 4.82. The van der Waals surface area contributed by atoms with Gasteiger partial charge in [-0.3, -0.25) is 58.1 Å². The minimum atomic E-state index is -1.38. The maximum atomic E-state index is 14.7. The first kappa shape index (κ1) is 91.3. The molecule has 0 unspecified atom stereocenters. The Labute approximate surface area is 699 Å². The Bertz CT molecular complexity index is 4710. The summed E-state index contributed by atoms with van der Waals surface area (Å²) in [6, 6.07) is 11.1. The molecule has 119 heavy (non-hydrogen) atoms. The molecule has 5 heterocycles. The molecule has 12 amide bonds. The number of carboxylic acid groups (broad SMARTS) is 1. The molecule has 642 valence electrons. The molecule has 1 aliphatic carbocycles. The number of likely N-dealkylation sites (tertiary alicyclic amines) is 1. The number of urea groups is 1. The second-order valence-corrected chi connectivity index (χ2v) is 33.2. The molecule has 0 saturated carbocycles. The number of carboxylic acids is 1. The number of guanidine groups is 1. The SMILES string of the molecule is CC(C)C[C@H](NC(=O)[C@H](C)NC(=O)[C@H](CC(C)C)NC(=O)[C@@H]1CCCN1C(=O)CCCCCNC(=S)Nc1ccc(-c2c3ccc(=O)cc-3oc3cc(O)ccc23)c(C(=O)O)c1)C(=O)N[C@@H](Cc1c[nH]c2ccccc12)C(=O)N[C@@H](C)C(=O)N[C@@H](CCCNC(=N)N)C(=O)N[C@@H](CCCCNC(=O)CCCC[C@@H]1SC[C@@H]2NC(=O)N[C@@H]21)C(N)=O. The van der Waals surface area contributed by atoms with E-state index < -0.39 is 102 Å². The lowest BCUT2D eigenvalue weighted by Gasteiger charge is -2.28. The fraction of sp³-hybridized carbons (Fsp3) is 0.506. The van der Waals surface area contributed by atoms with E-state index in [1.165, 1.54) is 49.1 Å². The second-order valence-electron chi connectivity index (χ2n) is 31.5. The van der Waals surface area contributed by atoms with E-state index in [0.29, 0.717) is 116 Å². The number of nitrogens with two attached hydrogens (primary N) is 2. The lowest BCUT2D eigenvalue weighted by Crippen LogP contribution is -2.60. The number of H-pyrrole nitrogens is 1. The summed E-state index contributed by atoms with van der Waals surface area (Å²) in [7, 11) is 0. The number of nitrogens with zero attached hydrogens (tertiary/aromatic N) is 1. The maximum Gasteiger partial charge on any atom is 0.336 e. The van der Waals surface area contributed by atoms with Crippen molar-refractivity contribution in [2.45, 2.75) is 223 Å². The fourth-order valence-corrected chi connectivity index (χ4v) is 16.8. The van der Waals surface area contributed by atoms with Gasteiger partial charge in [0.05, 0.1) is 17.6 Å². The van der Waals surface area contributed by atoms with Gasteiger partial charge in [-0.2, -0.15) is 11.8 Å². The highest BCUT2D eigenvalue weighted by molar-refractivity contribution is 8.00. The second kappa shape index (κ2) is 43.8. The van der Waals surface area contributed by atoms with Gasteiger partial charge in [-0.25, -0.2) is 9.59 Å². The highest BCUT2D eigenvalue weighted by Gasteiger charge is 2.43. The molecule has 3 saturated heterocycles. The summed E-state index contributed by atoms with van der Waals surface area (Å²) in [4.78, 5) is 181. The zero-order chi connectivity index (χ0) is 86.1. The summed E-state index contributed by atoms with van der Waals surface area (Å²) < 4.78 is 5.95.